The number of aliphatic imine (C=N–C) groups is 1. The Balaban J connectivity index is 1.73. The Morgan fingerprint density at radius 3 is 2.83 bits per heavy atom. The van der Waals surface area contributed by atoms with E-state index in [9.17, 15) is 8.42 Å². The maximum Gasteiger partial charge on any atom is 0.191 e. The highest BCUT2D eigenvalue weighted by atomic mass is 32.2. The Bertz CT molecular complexity index is 673. The second-order valence-corrected chi connectivity index (χ2v) is 8.58. The zero-order chi connectivity index (χ0) is 17.6. The van der Waals surface area contributed by atoms with Crippen LogP contribution in [-0.2, 0) is 9.84 Å². The van der Waals surface area contributed by atoms with Gasteiger partial charge in [0.2, 0.25) is 0 Å². The summed E-state index contributed by atoms with van der Waals surface area (Å²) in [4.78, 5) is 4.17. The Morgan fingerprint density at radius 1 is 1.42 bits per heavy atom. The molecule has 7 heteroatoms. The van der Waals surface area contributed by atoms with E-state index in [2.05, 4.69) is 15.6 Å². The van der Waals surface area contributed by atoms with Crippen LogP contribution in [0.25, 0.3) is 0 Å². The van der Waals surface area contributed by atoms with Gasteiger partial charge >= 0.3 is 0 Å². The number of aryl methyl sites for hydroxylation is 1. The molecule has 1 fully saturated rings. The molecule has 2 rings (SSSR count). The van der Waals surface area contributed by atoms with Crippen LogP contribution in [0.15, 0.2) is 29.3 Å². The molecule has 6 nitrogen and oxygen atoms in total. The fourth-order valence-corrected chi connectivity index (χ4v) is 4.56. The van der Waals surface area contributed by atoms with Gasteiger partial charge in [-0.3, -0.25) is 4.99 Å². The normalized spacial score (nSPS) is 21.3. The van der Waals surface area contributed by atoms with Crippen molar-refractivity contribution < 1.29 is 13.2 Å². The lowest BCUT2D eigenvalue weighted by Gasteiger charge is -2.19. The number of nitrogens with zero attached hydrogens (tertiary/aromatic N) is 1. The standard InChI is InChI=1S/C17H27N3O3S/c1-13-5-4-6-16(9-13)23-14(2)10-19-17(18-3)20-11-15-7-8-24(21,22)12-15/h4-6,9,14-15H,7-8,10-12H2,1-3H3,(H2,18,19,20). The molecule has 0 radical (unpaired) electrons. The Kier molecular flexibility index (Phi) is 6.48. The molecule has 0 saturated carbocycles. The minimum Gasteiger partial charge on any atom is -0.489 e. The predicted octanol–water partition coefficient (Wildman–Crippen LogP) is 1.36. The van der Waals surface area contributed by atoms with Gasteiger partial charge in [0, 0.05) is 13.6 Å². The van der Waals surface area contributed by atoms with Crippen LogP contribution >= 0.6 is 0 Å². The quantitative estimate of drug-likeness (QED) is 0.596. The third-order valence-electron chi connectivity index (χ3n) is 3.99. The number of sulfone groups is 1. The van der Waals surface area contributed by atoms with E-state index in [1.807, 2.05) is 38.1 Å². The fourth-order valence-electron chi connectivity index (χ4n) is 2.70. The molecule has 1 aromatic rings. The van der Waals surface area contributed by atoms with Gasteiger partial charge in [-0.15, -0.1) is 0 Å². The van der Waals surface area contributed by atoms with Crippen molar-refractivity contribution in [1.82, 2.24) is 10.6 Å². The van der Waals surface area contributed by atoms with Gasteiger partial charge < -0.3 is 15.4 Å². The monoisotopic (exact) mass is 353 g/mol. The predicted molar refractivity (Wildman–Crippen MR) is 97.4 cm³/mol. The van der Waals surface area contributed by atoms with E-state index in [1.165, 1.54) is 0 Å². The van der Waals surface area contributed by atoms with Gasteiger partial charge in [-0.25, -0.2) is 8.42 Å². The van der Waals surface area contributed by atoms with Crippen LogP contribution in [0, 0.1) is 12.8 Å². The summed E-state index contributed by atoms with van der Waals surface area (Å²) >= 11 is 0. The molecule has 0 aromatic heterocycles. The minimum atomic E-state index is -2.83. The second kappa shape index (κ2) is 8.37. The smallest absolute Gasteiger partial charge is 0.191 e. The van der Waals surface area contributed by atoms with E-state index in [1.54, 1.807) is 7.05 Å². The number of hydrogen-bond acceptors (Lipinski definition) is 4. The van der Waals surface area contributed by atoms with Gasteiger partial charge in [0.25, 0.3) is 0 Å². The molecule has 0 spiro atoms. The average Bonchev–Trinajstić information content (AvgIpc) is 2.86. The molecule has 1 aromatic carbocycles. The molecule has 24 heavy (non-hydrogen) atoms. The summed E-state index contributed by atoms with van der Waals surface area (Å²) in [5, 5.41) is 6.41. The first kappa shape index (κ1) is 18.6. The van der Waals surface area contributed by atoms with Gasteiger partial charge in [-0.05, 0) is 43.9 Å². The SMILES string of the molecule is CN=C(NCC1CCS(=O)(=O)C1)NCC(C)Oc1cccc(C)c1. The summed E-state index contributed by atoms with van der Waals surface area (Å²) in [5.41, 5.74) is 1.16. The van der Waals surface area contributed by atoms with Crippen LogP contribution in [0.1, 0.15) is 18.9 Å². The second-order valence-electron chi connectivity index (χ2n) is 6.35. The minimum absolute atomic E-state index is 0.0165. The zero-order valence-electron chi connectivity index (χ0n) is 14.6. The van der Waals surface area contributed by atoms with Crippen LogP contribution in [0.2, 0.25) is 0 Å². The third-order valence-corrected chi connectivity index (χ3v) is 5.83. The van der Waals surface area contributed by atoms with Crippen LogP contribution in [0.3, 0.4) is 0 Å². The first-order valence-corrected chi connectivity index (χ1v) is 10.1. The highest BCUT2D eigenvalue weighted by molar-refractivity contribution is 7.91. The first-order valence-electron chi connectivity index (χ1n) is 8.26. The van der Waals surface area contributed by atoms with Crippen molar-refractivity contribution in [3.63, 3.8) is 0 Å². The maximum atomic E-state index is 11.5. The molecule has 1 aliphatic heterocycles. The molecule has 2 unspecified atom stereocenters. The average molecular weight is 353 g/mol. The van der Waals surface area contributed by atoms with Gasteiger partial charge in [-0.2, -0.15) is 0 Å². The molecular formula is C17H27N3O3S. The van der Waals surface area contributed by atoms with E-state index >= 15 is 0 Å². The zero-order valence-corrected chi connectivity index (χ0v) is 15.4. The maximum absolute atomic E-state index is 11.5. The number of rotatable bonds is 6. The van der Waals surface area contributed by atoms with E-state index in [-0.39, 0.29) is 17.8 Å². The van der Waals surface area contributed by atoms with Gasteiger partial charge in [0.05, 0.1) is 18.1 Å². The van der Waals surface area contributed by atoms with Crippen molar-refractivity contribution in [2.24, 2.45) is 10.9 Å². The van der Waals surface area contributed by atoms with Crippen LogP contribution in [0.4, 0.5) is 0 Å². The molecule has 1 heterocycles. The number of nitrogens with one attached hydrogen (secondary N) is 2. The summed E-state index contributed by atoms with van der Waals surface area (Å²) in [7, 11) is -1.13. The fraction of sp³-hybridized carbons (Fsp3) is 0.588. The Hall–Kier alpha value is -1.76. The first-order chi connectivity index (χ1) is 11.4. The number of guanidine groups is 1. The summed E-state index contributed by atoms with van der Waals surface area (Å²) < 4.78 is 28.8. The van der Waals surface area contributed by atoms with Crippen molar-refractivity contribution in [2.45, 2.75) is 26.4 Å². The highest BCUT2D eigenvalue weighted by Crippen LogP contribution is 2.17. The van der Waals surface area contributed by atoms with Crippen molar-refractivity contribution >= 4 is 15.8 Å². The van der Waals surface area contributed by atoms with Crippen LogP contribution < -0.4 is 15.4 Å². The lowest BCUT2D eigenvalue weighted by molar-refractivity contribution is 0.223. The van der Waals surface area contributed by atoms with E-state index < -0.39 is 9.84 Å². The van der Waals surface area contributed by atoms with E-state index in [4.69, 9.17) is 4.74 Å². The summed E-state index contributed by atoms with van der Waals surface area (Å²) in [5.74, 6) is 2.24. The third kappa shape index (κ3) is 6.03. The highest BCUT2D eigenvalue weighted by Gasteiger charge is 2.27. The Morgan fingerprint density at radius 2 is 2.21 bits per heavy atom. The number of hydrogen-bond donors (Lipinski definition) is 2. The van der Waals surface area contributed by atoms with E-state index in [0.29, 0.717) is 24.8 Å². The number of benzene rings is 1. The lowest BCUT2D eigenvalue weighted by Crippen LogP contribution is -2.43. The molecule has 0 amide bonds. The van der Waals surface area contributed by atoms with Gasteiger partial charge in [-0.1, -0.05) is 12.1 Å². The molecule has 2 atom stereocenters. The van der Waals surface area contributed by atoms with Crippen molar-refractivity contribution in [3.05, 3.63) is 29.8 Å². The van der Waals surface area contributed by atoms with Gasteiger partial charge in [0.15, 0.2) is 15.8 Å². The molecule has 2 N–H and O–H groups in total. The molecule has 0 aliphatic carbocycles. The summed E-state index contributed by atoms with van der Waals surface area (Å²) in [6.45, 7) is 5.25. The van der Waals surface area contributed by atoms with Crippen LogP contribution in [0.5, 0.6) is 5.75 Å². The number of ether oxygens (including phenoxy) is 1. The molecular weight excluding hydrogens is 326 g/mol. The van der Waals surface area contributed by atoms with Crippen LogP contribution in [-0.4, -0.2) is 52.1 Å². The van der Waals surface area contributed by atoms with E-state index in [0.717, 1.165) is 17.7 Å². The molecule has 1 saturated heterocycles. The summed E-state index contributed by atoms with van der Waals surface area (Å²) in [6.07, 6.45) is 0.705. The van der Waals surface area contributed by atoms with Crippen molar-refractivity contribution in [2.75, 3.05) is 31.6 Å². The van der Waals surface area contributed by atoms with Gasteiger partial charge in [0.1, 0.15) is 11.9 Å². The Labute approximate surface area is 144 Å². The van der Waals surface area contributed by atoms with Crippen molar-refractivity contribution in [3.8, 4) is 5.75 Å². The van der Waals surface area contributed by atoms with Crippen molar-refractivity contribution in [1.29, 1.82) is 0 Å². The summed E-state index contributed by atoms with van der Waals surface area (Å²) in [6, 6.07) is 7.95. The molecule has 1 aliphatic rings. The topological polar surface area (TPSA) is 79.8 Å². The molecule has 0 bridgehead atoms. The lowest BCUT2D eigenvalue weighted by atomic mass is 10.1. The largest absolute Gasteiger partial charge is 0.489 e. The molecule has 134 valence electrons.